The summed E-state index contributed by atoms with van der Waals surface area (Å²) >= 11 is 0. The number of aryl methyl sites for hydroxylation is 1. The highest BCUT2D eigenvalue weighted by Crippen LogP contribution is 2.33. The first-order valence-corrected chi connectivity index (χ1v) is 16.0. The van der Waals surface area contributed by atoms with Crippen LogP contribution in [0.3, 0.4) is 0 Å². The minimum absolute atomic E-state index is 0.461. The Kier molecular flexibility index (Phi) is 7.72. The molecular weight excluding hydrogens is 482 g/mol. The van der Waals surface area contributed by atoms with E-state index in [9.17, 15) is 5.11 Å². The molecule has 0 aliphatic carbocycles. The molecule has 0 saturated carbocycles. The topological polar surface area (TPSA) is 68.3 Å². The van der Waals surface area contributed by atoms with Crippen LogP contribution < -0.4 is 0 Å². The molecule has 4 aromatic rings. The van der Waals surface area contributed by atoms with Crippen molar-refractivity contribution in [2.45, 2.75) is 45.8 Å². The van der Waals surface area contributed by atoms with E-state index < -0.39 is 16.1 Å². The quantitative estimate of drug-likeness (QED) is 0.311. The van der Waals surface area contributed by atoms with Crippen LogP contribution in [0.4, 0.5) is 0 Å². The average Bonchev–Trinajstić information content (AvgIpc) is 3.46. The molecule has 37 heavy (non-hydrogen) atoms. The van der Waals surface area contributed by atoms with Crippen molar-refractivity contribution in [1.29, 1.82) is 0 Å². The molecule has 2 aromatic heterocycles. The van der Waals surface area contributed by atoms with E-state index in [0.717, 1.165) is 72.1 Å². The Labute approximate surface area is 221 Å². The number of imidazole rings is 1. The SMILES string of the molecule is Cc1cc(CC(O)c2ncc3n2CCN(Cc2ccccc2)C3)cc2cn(COCCS(C)(C)C)nc12. The first-order chi connectivity index (χ1) is 17.7. The molecule has 198 valence electrons. The highest BCUT2D eigenvalue weighted by Gasteiger charge is 2.23. The molecule has 1 aliphatic rings. The van der Waals surface area contributed by atoms with Crippen molar-refractivity contribution in [2.24, 2.45) is 0 Å². The van der Waals surface area contributed by atoms with Gasteiger partial charge in [-0.3, -0.25) is 4.90 Å². The summed E-state index contributed by atoms with van der Waals surface area (Å²) in [4.78, 5) is 7.07. The lowest BCUT2D eigenvalue weighted by atomic mass is 10.0. The highest BCUT2D eigenvalue weighted by atomic mass is 32.3. The lowest BCUT2D eigenvalue weighted by Crippen LogP contribution is -2.34. The number of aliphatic hydroxyl groups excluding tert-OH is 1. The van der Waals surface area contributed by atoms with E-state index in [0.29, 0.717) is 13.2 Å². The molecule has 2 aromatic carbocycles. The molecule has 0 bridgehead atoms. The Bertz CT molecular complexity index is 1340. The predicted molar refractivity (Wildman–Crippen MR) is 152 cm³/mol. The zero-order valence-corrected chi connectivity index (χ0v) is 23.2. The summed E-state index contributed by atoms with van der Waals surface area (Å²) < 4.78 is 9.95. The maximum atomic E-state index is 11.2. The van der Waals surface area contributed by atoms with Crippen LogP contribution in [0.15, 0.2) is 54.9 Å². The number of hydrogen-bond donors (Lipinski definition) is 1. The molecule has 8 heteroatoms. The Morgan fingerprint density at radius 1 is 1.08 bits per heavy atom. The van der Waals surface area contributed by atoms with E-state index in [1.165, 1.54) is 5.56 Å². The number of benzene rings is 2. The van der Waals surface area contributed by atoms with Gasteiger partial charge < -0.3 is 14.4 Å². The number of aromatic nitrogens is 4. The summed E-state index contributed by atoms with van der Waals surface area (Å²) in [6.45, 7) is 6.86. The summed E-state index contributed by atoms with van der Waals surface area (Å²) in [6, 6.07) is 14.8. The van der Waals surface area contributed by atoms with Crippen LogP contribution in [0.5, 0.6) is 0 Å². The number of hydrogen-bond acceptors (Lipinski definition) is 5. The first kappa shape index (κ1) is 26.0. The fraction of sp³-hybridized carbons (Fsp3) is 0.448. The largest absolute Gasteiger partial charge is 0.385 e. The summed E-state index contributed by atoms with van der Waals surface area (Å²) in [5.41, 5.74) is 5.67. The first-order valence-electron chi connectivity index (χ1n) is 12.9. The van der Waals surface area contributed by atoms with E-state index >= 15 is 0 Å². The van der Waals surface area contributed by atoms with Gasteiger partial charge in [0.2, 0.25) is 0 Å². The highest BCUT2D eigenvalue weighted by molar-refractivity contribution is 8.32. The molecule has 0 spiro atoms. The number of rotatable bonds is 10. The van der Waals surface area contributed by atoms with E-state index in [-0.39, 0.29) is 0 Å². The van der Waals surface area contributed by atoms with Crippen LogP contribution in [0.2, 0.25) is 0 Å². The smallest absolute Gasteiger partial charge is 0.139 e. The van der Waals surface area contributed by atoms with Crippen molar-refractivity contribution < 1.29 is 9.84 Å². The lowest BCUT2D eigenvalue weighted by molar-refractivity contribution is 0.0814. The van der Waals surface area contributed by atoms with Gasteiger partial charge in [0.05, 0.1) is 17.8 Å². The van der Waals surface area contributed by atoms with Crippen molar-refractivity contribution >= 4 is 20.9 Å². The van der Waals surface area contributed by atoms with Gasteiger partial charge in [-0.25, -0.2) is 19.7 Å². The second-order valence-electron chi connectivity index (χ2n) is 11.0. The second kappa shape index (κ2) is 11.0. The van der Waals surface area contributed by atoms with Crippen LogP contribution in [0.1, 0.15) is 34.3 Å². The molecule has 1 N–H and O–H groups in total. The molecular formula is C29H39N5O2S. The second-order valence-corrected chi connectivity index (χ2v) is 15.6. The van der Waals surface area contributed by atoms with Crippen molar-refractivity contribution in [3.63, 3.8) is 0 Å². The normalized spacial score (nSPS) is 15.7. The minimum atomic E-state index is -0.649. The number of ether oxygens (including phenoxy) is 1. The van der Waals surface area contributed by atoms with Crippen LogP contribution in [0.25, 0.3) is 10.9 Å². The molecule has 1 atom stereocenters. The monoisotopic (exact) mass is 521 g/mol. The molecule has 5 rings (SSSR count). The maximum Gasteiger partial charge on any atom is 0.139 e. The van der Waals surface area contributed by atoms with E-state index in [1.54, 1.807) is 0 Å². The Balaban J connectivity index is 1.23. The van der Waals surface area contributed by atoms with Crippen LogP contribution >= 0.6 is 10.0 Å². The van der Waals surface area contributed by atoms with Crippen LogP contribution in [-0.4, -0.2) is 67.0 Å². The van der Waals surface area contributed by atoms with Crippen molar-refractivity contribution in [3.8, 4) is 0 Å². The lowest BCUT2D eigenvalue weighted by Gasteiger charge is -2.29. The summed E-state index contributed by atoms with van der Waals surface area (Å²) in [7, 11) is -0.555. The maximum absolute atomic E-state index is 11.2. The Hall–Kier alpha value is -2.65. The minimum Gasteiger partial charge on any atom is -0.385 e. The van der Waals surface area contributed by atoms with Gasteiger partial charge in [0.1, 0.15) is 18.7 Å². The summed E-state index contributed by atoms with van der Waals surface area (Å²) in [5.74, 6) is 1.86. The van der Waals surface area contributed by atoms with Crippen molar-refractivity contribution in [3.05, 3.63) is 83.1 Å². The molecule has 0 saturated heterocycles. The third-order valence-electron chi connectivity index (χ3n) is 6.94. The van der Waals surface area contributed by atoms with Crippen LogP contribution in [-0.2, 0) is 37.5 Å². The van der Waals surface area contributed by atoms with E-state index in [1.807, 2.05) is 17.1 Å². The van der Waals surface area contributed by atoms with Gasteiger partial charge in [-0.2, -0.15) is 5.10 Å². The summed E-state index contributed by atoms with van der Waals surface area (Å²) in [6.07, 6.45) is 10.8. The van der Waals surface area contributed by atoms with Gasteiger partial charge in [0, 0.05) is 56.1 Å². The predicted octanol–water partition coefficient (Wildman–Crippen LogP) is 4.50. The average molecular weight is 522 g/mol. The van der Waals surface area contributed by atoms with Gasteiger partial charge >= 0.3 is 0 Å². The fourth-order valence-electron chi connectivity index (χ4n) is 5.01. The van der Waals surface area contributed by atoms with E-state index in [2.05, 4.69) is 82.6 Å². The number of aliphatic hydroxyl groups is 1. The molecule has 1 unspecified atom stereocenters. The molecule has 7 nitrogen and oxygen atoms in total. The van der Waals surface area contributed by atoms with Gasteiger partial charge in [0.25, 0.3) is 0 Å². The zero-order chi connectivity index (χ0) is 26.0. The van der Waals surface area contributed by atoms with Crippen LogP contribution in [0, 0.1) is 6.92 Å². The number of fused-ring (bicyclic) bond motifs is 2. The number of nitrogens with zero attached hydrogens (tertiary/aromatic N) is 5. The van der Waals surface area contributed by atoms with Gasteiger partial charge in [-0.1, -0.05) is 36.4 Å². The van der Waals surface area contributed by atoms with E-state index in [4.69, 9.17) is 9.84 Å². The Morgan fingerprint density at radius 2 is 1.89 bits per heavy atom. The standard InChI is InChI=1S/C29H39N5O2S/c1-22-14-24(15-25-19-33(31-28(22)25)21-36-12-13-37(2,3)4)16-27(35)29-30-17-26-20-32(10-11-34(26)29)18-23-8-6-5-7-9-23/h5-9,14-15,17,19,27,35H,10-13,16,18,20-21H2,1-4H3. The third-order valence-corrected chi connectivity index (χ3v) is 8.33. The molecule has 3 heterocycles. The molecule has 0 radical (unpaired) electrons. The zero-order valence-electron chi connectivity index (χ0n) is 22.4. The van der Waals surface area contributed by atoms with Gasteiger partial charge in [-0.15, -0.1) is 0 Å². The summed E-state index contributed by atoms with van der Waals surface area (Å²) in [5, 5.41) is 17.0. The van der Waals surface area contributed by atoms with Gasteiger partial charge in [0.15, 0.2) is 0 Å². The Morgan fingerprint density at radius 3 is 2.68 bits per heavy atom. The van der Waals surface area contributed by atoms with Crippen molar-refractivity contribution in [1.82, 2.24) is 24.2 Å². The molecule has 1 aliphatic heterocycles. The third kappa shape index (κ3) is 6.44. The van der Waals surface area contributed by atoms with Crippen molar-refractivity contribution in [2.75, 3.05) is 37.7 Å². The van der Waals surface area contributed by atoms with Gasteiger partial charge in [-0.05, 0) is 48.4 Å². The fourth-order valence-corrected chi connectivity index (χ4v) is 5.62. The molecule has 0 fully saturated rings. The molecule has 0 amide bonds.